The average Bonchev–Trinajstić information content (AvgIpc) is 2.92. The van der Waals surface area contributed by atoms with Crippen LogP contribution in [0, 0.1) is 13.8 Å². The van der Waals surface area contributed by atoms with Crippen molar-refractivity contribution in [1.82, 2.24) is 10.2 Å². The monoisotopic (exact) mass is 563 g/mol. The number of amides is 2. The van der Waals surface area contributed by atoms with Crippen LogP contribution in [0.15, 0.2) is 77.7 Å². The molecular formula is C32H41N3O4S. The molecule has 7 nitrogen and oxygen atoms in total. The third kappa shape index (κ3) is 7.30. The van der Waals surface area contributed by atoms with Crippen molar-refractivity contribution in [3.05, 3.63) is 95.1 Å². The molecule has 0 saturated heterocycles. The summed E-state index contributed by atoms with van der Waals surface area (Å²) in [7, 11) is -4.10. The predicted octanol–water partition coefficient (Wildman–Crippen LogP) is 5.39. The molecule has 3 rings (SSSR count). The normalized spacial score (nSPS) is 12.2. The highest BCUT2D eigenvalue weighted by Crippen LogP contribution is 2.28. The molecule has 0 bridgehead atoms. The van der Waals surface area contributed by atoms with Crippen LogP contribution in [0.4, 0.5) is 5.69 Å². The highest BCUT2D eigenvalue weighted by atomic mass is 32.2. The van der Waals surface area contributed by atoms with Gasteiger partial charge >= 0.3 is 0 Å². The molecule has 1 N–H and O–H groups in total. The first-order chi connectivity index (χ1) is 19.0. The Balaban J connectivity index is 2.11. The Morgan fingerprint density at radius 3 is 2.02 bits per heavy atom. The van der Waals surface area contributed by atoms with Crippen molar-refractivity contribution in [3.8, 4) is 0 Å². The Kier molecular flexibility index (Phi) is 10.5. The van der Waals surface area contributed by atoms with Crippen LogP contribution in [-0.4, -0.2) is 43.8 Å². The second-order valence-electron chi connectivity index (χ2n) is 10.3. The Bertz CT molecular complexity index is 1420. The minimum absolute atomic E-state index is 0.104. The molecule has 0 aliphatic rings. The summed E-state index contributed by atoms with van der Waals surface area (Å²) in [6, 6.07) is 20.7. The number of aryl methyl sites for hydroxylation is 3. The summed E-state index contributed by atoms with van der Waals surface area (Å²) in [6.07, 6.45) is 0.970. The van der Waals surface area contributed by atoms with E-state index in [1.165, 1.54) is 9.21 Å². The van der Waals surface area contributed by atoms with E-state index in [0.717, 1.165) is 22.3 Å². The van der Waals surface area contributed by atoms with E-state index in [-0.39, 0.29) is 23.4 Å². The zero-order valence-corrected chi connectivity index (χ0v) is 25.2. The minimum atomic E-state index is -4.10. The molecule has 3 aromatic rings. The summed E-state index contributed by atoms with van der Waals surface area (Å²) in [6.45, 7) is 11.1. The number of hydrogen-bond donors (Lipinski definition) is 1. The van der Waals surface area contributed by atoms with Gasteiger partial charge in [0.25, 0.3) is 10.0 Å². The molecule has 0 aliphatic heterocycles. The molecule has 3 aromatic carbocycles. The van der Waals surface area contributed by atoms with Gasteiger partial charge in [-0.2, -0.15) is 0 Å². The maximum absolute atomic E-state index is 14.2. The molecule has 8 heteroatoms. The Morgan fingerprint density at radius 1 is 0.850 bits per heavy atom. The molecule has 1 atom stereocenters. The van der Waals surface area contributed by atoms with Crippen LogP contribution in [0.2, 0.25) is 0 Å². The standard InChI is InChI=1S/C32H41N3O4S/c1-7-26-14-11-12-16-30(26)35(40(38,39)28-19-17-24(5)18-20-28)22-31(36)34(21-27-15-10-9-13-25(27)6)29(8-2)32(37)33-23(3)4/h9-20,23,29H,7-8,21-22H2,1-6H3,(H,33,37)/t29-/m1/s1. The van der Waals surface area contributed by atoms with E-state index in [1.807, 2.05) is 77.9 Å². The molecule has 0 heterocycles. The zero-order valence-electron chi connectivity index (χ0n) is 24.3. The van der Waals surface area contributed by atoms with Crippen molar-refractivity contribution >= 4 is 27.5 Å². The summed E-state index contributed by atoms with van der Waals surface area (Å²) < 4.78 is 29.3. The van der Waals surface area contributed by atoms with E-state index in [9.17, 15) is 18.0 Å². The summed E-state index contributed by atoms with van der Waals surface area (Å²) >= 11 is 0. The van der Waals surface area contributed by atoms with Gasteiger partial charge in [-0.1, -0.05) is 74.0 Å². The third-order valence-corrected chi connectivity index (χ3v) is 8.72. The lowest BCUT2D eigenvalue weighted by Gasteiger charge is -2.34. The minimum Gasteiger partial charge on any atom is -0.352 e. The quantitative estimate of drug-likeness (QED) is 0.320. The summed E-state index contributed by atoms with van der Waals surface area (Å²) in [5.41, 5.74) is 4.07. The van der Waals surface area contributed by atoms with Gasteiger partial charge in [-0.05, 0) is 75.4 Å². The van der Waals surface area contributed by atoms with E-state index >= 15 is 0 Å². The number of sulfonamides is 1. The predicted molar refractivity (Wildman–Crippen MR) is 161 cm³/mol. The van der Waals surface area contributed by atoms with Gasteiger partial charge in [-0.15, -0.1) is 0 Å². The topological polar surface area (TPSA) is 86.8 Å². The average molecular weight is 564 g/mol. The van der Waals surface area contributed by atoms with E-state index in [2.05, 4.69) is 5.32 Å². The lowest BCUT2D eigenvalue weighted by Crippen LogP contribution is -2.53. The van der Waals surface area contributed by atoms with Crippen LogP contribution in [0.5, 0.6) is 0 Å². The number of benzene rings is 3. The molecule has 0 fully saturated rings. The fraction of sp³-hybridized carbons (Fsp3) is 0.375. The van der Waals surface area contributed by atoms with Gasteiger partial charge in [0.05, 0.1) is 10.6 Å². The largest absolute Gasteiger partial charge is 0.352 e. The van der Waals surface area contributed by atoms with Crippen LogP contribution in [0.25, 0.3) is 0 Å². The highest BCUT2D eigenvalue weighted by Gasteiger charge is 2.34. The van der Waals surface area contributed by atoms with Crippen LogP contribution < -0.4 is 9.62 Å². The number of anilines is 1. The van der Waals surface area contributed by atoms with Crippen molar-refractivity contribution in [2.24, 2.45) is 0 Å². The zero-order chi connectivity index (χ0) is 29.4. The van der Waals surface area contributed by atoms with Gasteiger partial charge in [0, 0.05) is 12.6 Å². The smallest absolute Gasteiger partial charge is 0.264 e. The Labute approximate surface area is 239 Å². The summed E-state index contributed by atoms with van der Waals surface area (Å²) in [4.78, 5) is 29.1. The van der Waals surface area contributed by atoms with E-state index in [1.54, 1.807) is 36.4 Å². The first-order valence-electron chi connectivity index (χ1n) is 13.8. The molecule has 40 heavy (non-hydrogen) atoms. The van der Waals surface area contributed by atoms with Gasteiger partial charge in [0.15, 0.2) is 0 Å². The van der Waals surface area contributed by atoms with Crippen LogP contribution in [0.1, 0.15) is 56.4 Å². The lowest BCUT2D eigenvalue weighted by molar-refractivity contribution is -0.140. The number of carbonyl (C=O) groups excluding carboxylic acids is 2. The fourth-order valence-corrected chi connectivity index (χ4v) is 6.13. The van der Waals surface area contributed by atoms with Crippen LogP contribution >= 0.6 is 0 Å². The van der Waals surface area contributed by atoms with Crippen molar-refractivity contribution in [1.29, 1.82) is 0 Å². The molecule has 0 radical (unpaired) electrons. The molecule has 0 aliphatic carbocycles. The summed E-state index contributed by atoms with van der Waals surface area (Å²) in [5, 5.41) is 2.93. The van der Waals surface area contributed by atoms with Crippen molar-refractivity contribution in [2.75, 3.05) is 10.8 Å². The number of hydrogen-bond acceptors (Lipinski definition) is 4. The van der Waals surface area contributed by atoms with E-state index in [4.69, 9.17) is 0 Å². The van der Waals surface area contributed by atoms with Gasteiger partial charge < -0.3 is 10.2 Å². The van der Waals surface area contributed by atoms with Crippen LogP contribution in [0.3, 0.4) is 0 Å². The van der Waals surface area contributed by atoms with Crippen LogP contribution in [-0.2, 0) is 32.6 Å². The molecule has 214 valence electrons. The third-order valence-electron chi connectivity index (χ3n) is 6.95. The molecular weight excluding hydrogens is 522 g/mol. The fourth-order valence-electron chi connectivity index (χ4n) is 4.68. The first-order valence-corrected chi connectivity index (χ1v) is 15.2. The Morgan fingerprint density at radius 2 is 1.45 bits per heavy atom. The molecule has 0 spiro atoms. The van der Waals surface area contributed by atoms with Crippen molar-refractivity contribution in [3.63, 3.8) is 0 Å². The second-order valence-corrected chi connectivity index (χ2v) is 12.2. The van der Waals surface area contributed by atoms with E-state index < -0.39 is 28.5 Å². The maximum atomic E-state index is 14.2. The highest BCUT2D eigenvalue weighted by molar-refractivity contribution is 7.92. The molecule has 0 unspecified atom stereocenters. The molecule has 2 amide bonds. The van der Waals surface area contributed by atoms with E-state index in [0.29, 0.717) is 18.5 Å². The Hall–Kier alpha value is -3.65. The first kappa shape index (κ1) is 30.9. The van der Waals surface area contributed by atoms with Gasteiger partial charge in [-0.25, -0.2) is 8.42 Å². The number of nitrogens with zero attached hydrogens (tertiary/aromatic N) is 2. The molecule has 0 saturated carbocycles. The van der Waals surface area contributed by atoms with Crippen molar-refractivity contribution in [2.45, 2.75) is 77.9 Å². The summed E-state index contributed by atoms with van der Waals surface area (Å²) in [5.74, 6) is -0.711. The SMILES string of the molecule is CCc1ccccc1N(CC(=O)N(Cc1ccccc1C)[C@H](CC)C(=O)NC(C)C)S(=O)(=O)c1ccc(C)cc1. The second kappa shape index (κ2) is 13.6. The van der Waals surface area contributed by atoms with Gasteiger partial charge in [-0.3, -0.25) is 13.9 Å². The number of nitrogens with one attached hydrogen (secondary N) is 1. The number of para-hydroxylation sites is 1. The maximum Gasteiger partial charge on any atom is 0.264 e. The van der Waals surface area contributed by atoms with Gasteiger partial charge in [0.2, 0.25) is 11.8 Å². The lowest BCUT2D eigenvalue weighted by atomic mass is 10.1. The number of rotatable bonds is 12. The van der Waals surface area contributed by atoms with Crippen molar-refractivity contribution < 1.29 is 18.0 Å². The van der Waals surface area contributed by atoms with Gasteiger partial charge in [0.1, 0.15) is 12.6 Å². The number of carbonyl (C=O) groups is 2. The molecule has 0 aromatic heterocycles.